The Kier molecular flexibility index (Phi) is 9.87. The van der Waals surface area contributed by atoms with Gasteiger partial charge in [-0.15, -0.1) is 0 Å². The Morgan fingerprint density at radius 2 is 1.78 bits per heavy atom. The van der Waals surface area contributed by atoms with Crippen molar-refractivity contribution in [3.8, 4) is 17.2 Å². The number of benzene rings is 1. The molecule has 1 aromatic heterocycles. The van der Waals surface area contributed by atoms with Gasteiger partial charge in [0.05, 0.1) is 11.6 Å². The minimum atomic E-state index is 0.674. The van der Waals surface area contributed by atoms with Gasteiger partial charge in [-0.1, -0.05) is 52.5 Å². The average Bonchev–Trinajstić information content (AvgIpc) is 3.03. The highest BCUT2D eigenvalue weighted by molar-refractivity contribution is 5.70. The normalized spacial score (nSPS) is 9.26. The van der Waals surface area contributed by atoms with Crippen LogP contribution in [0.3, 0.4) is 0 Å². The van der Waals surface area contributed by atoms with Gasteiger partial charge in [0.1, 0.15) is 0 Å². The van der Waals surface area contributed by atoms with Crippen LogP contribution in [-0.2, 0) is 0 Å². The summed E-state index contributed by atoms with van der Waals surface area (Å²) in [7, 11) is 0. The molecule has 1 aromatic carbocycles. The maximum atomic E-state index is 8.96. The molecule has 0 N–H and O–H groups in total. The fraction of sp³-hybridized carbons (Fsp3) is 0.286. The molecule has 0 aliphatic rings. The van der Waals surface area contributed by atoms with Crippen LogP contribution in [0.5, 0.6) is 0 Å². The van der Waals surface area contributed by atoms with Crippen molar-refractivity contribution in [3.05, 3.63) is 60.4 Å². The Balaban J connectivity index is 0.00000112. The highest BCUT2D eigenvalue weighted by Gasteiger charge is 2.06. The molecule has 2 heteroatoms. The Morgan fingerprint density at radius 3 is 2.30 bits per heavy atom. The van der Waals surface area contributed by atoms with Crippen molar-refractivity contribution in [2.24, 2.45) is 0 Å². The number of nitrogens with zero attached hydrogens (tertiary/aromatic N) is 2. The third-order valence-electron chi connectivity index (χ3n) is 2.92. The summed E-state index contributed by atoms with van der Waals surface area (Å²) in [5.41, 5.74) is 4.87. The number of aromatic nitrogens is 1. The van der Waals surface area contributed by atoms with E-state index in [2.05, 4.69) is 18.7 Å². The monoisotopic (exact) mass is 308 g/mol. The lowest BCUT2D eigenvalue weighted by Crippen LogP contribution is -1.91. The van der Waals surface area contributed by atoms with Crippen molar-refractivity contribution in [1.29, 1.82) is 5.26 Å². The smallest absolute Gasteiger partial charge is 0.0991 e. The van der Waals surface area contributed by atoms with E-state index in [1.165, 1.54) is 0 Å². The zero-order valence-corrected chi connectivity index (χ0v) is 15.2. The molecule has 0 aliphatic heterocycles. The van der Waals surface area contributed by atoms with Crippen LogP contribution in [-0.4, -0.2) is 4.57 Å². The first-order valence-electron chi connectivity index (χ1n) is 8.17. The minimum Gasteiger partial charge on any atom is -0.321 e. The van der Waals surface area contributed by atoms with E-state index < -0.39 is 0 Å². The van der Waals surface area contributed by atoms with E-state index in [1.54, 1.807) is 0 Å². The van der Waals surface area contributed by atoms with Gasteiger partial charge in [0, 0.05) is 23.2 Å². The molecule has 0 radical (unpaired) electrons. The van der Waals surface area contributed by atoms with Gasteiger partial charge < -0.3 is 4.57 Å². The summed E-state index contributed by atoms with van der Waals surface area (Å²) in [5.74, 6) is 0. The summed E-state index contributed by atoms with van der Waals surface area (Å²) in [6, 6.07) is 11.9. The van der Waals surface area contributed by atoms with Crippen molar-refractivity contribution in [3.63, 3.8) is 0 Å². The predicted octanol–water partition coefficient (Wildman–Crippen LogP) is 6.60. The Bertz CT molecular complexity index is 682. The summed E-state index contributed by atoms with van der Waals surface area (Å²) >= 11 is 0. The van der Waals surface area contributed by atoms with E-state index in [4.69, 9.17) is 5.26 Å². The quantitative estimate of drug-likeness (QED) is 0.627. The van der Waals surface area contributed by atoms with Crippen LogP contribution in [0.2, 0.25) is 0 Å². The molecule has 0 saturated heterocycles. The van der Waals surface area contributed by atoms with Crippen LogP contribution in [0.4, 0.5) is 0 Å². The van der Waals surface area contributed by atoms with Gasteiger partial charge in [0.15, 0.2) is 0 Å². The van der Waals surface area contributed by atoms with Crippen LogP contribution >= 0.6 is 0 Å². The maximum Gasteiger partial charge on any atom is 0.0991 e. The zero-order valence-electron chi connectivity index (χ0n) is 15.2. The molecule has 122 valence electrons. The molecule has 2 nitrogen and oxygen atoms in total. The number of rotatable bonds is 3. The summed E-state index contributed by atoms with van der Waals surface area (Å²) in [6.07, 6.45) is 6.10. The number of allylic oxidation sites excluding steroid dienone is 2. The average molecular weight is 308 g/mol. The van der Waals surface area contributed by atoms with Crippen molar-refractivity contribution in [2.45, 2.75) is 41.5 Å². The molecule has 0 fully saturated rings. The molecule has 0 atom stereocenters. The summed E-state index contributed by atoms with van der Waals surface area (Å²) in [4.78, 5) is 0. The van der Waals surface area contributed by atoms with Crippen molar-refractivity contribution < 1.29 is 0 Å². The second-order valence-corrected chi connectivity index (χ2v) is 4.45. The van der Waals surface area contributed by atoms with E-state index in [9.17, 15) is 0 Å². The lowest BCUT2D eigenvalue weighted by molar-refractivity contribution is 1.09. The molecular weight excluding hydrogens is 280 g/mol. The molecule has 0 saturated carbocycles. The highest BCUT2D eigenvalue weighted by atomic mass is 15.0. The fourth-order valence-electron chi connectivity index (χ4n) is 2.04. The summed E-state index contributed by atoms with van der Waals surface area (Å²) in [5, 5.41) is 8.96. The lowest BCUT2D eigenvalue weighted by Gasteiger charge is -2.03. The number of hydrogen-bond donors (Lipinski definition) is 0. The standard InChI is InChI=1S/C17H16N2.2C2H6/c1-4-6-17-10-16(12-19(17)13(2)3)15-8-5-7-14(9-15)11-18;2*1-2/h4-10,12H,2H2,1,3H3;2*1-2H3/b6-4-;;. The van der Waals surface area contributed by atoms with E-state index in [0.29, 0.717) is 5.56 Å². The number of nitriles is 1. The van der Waals surface area contributed by atoms with Gasteiger partial charge >= 0.3 is 0 Å². The molecule has 1 heterocycles. The molecule has 0 unspecified atom stereocenters. The van der Waals surface area contributed by atoms with Crippen LogP contribution in [0, 0.1) is 11.3 Å². The van der Waals surface area contributed by atoms with E-state index in [1.807, 2.05) is 88.7 Å². The molecule has 23 heavy (non-hydrogen) atoms. The van der Waals surface area contributed by atoms with Gasteiger partial charge in [-0.25, -0.2) is 0 Å². The van der Waals surface area contributed by atoms with Gasteiger partial charge in [-0.05, 0) is 43.7 Å². The van der Waals surface area contributed by atoms with Gasteiger partial charge in [-0.2, -0.15) is 5.26 Å². The first kappa shape index (κ1) is 20.5. The third-order valence-corrected chi connectivity index (χ3v) is 2.92. The first-order chi connectivity index (χ1) is 11.2. The van der Waals surface area contributed by atoms with Crippen LogP contribution < -0.4 is 0 Å². The van der Waals surface area contributed by atoms with Gasteiger partial charge in [-0.3, -0.25) is 0 Å². The van der Waals surface area contributed by atoms with Crippen LogP contribution in [0.25, 0.3) is 22.9 Å². The van der Waals surface area contributed by atoms with Crippen molar-refractivity contribution in [2.75, 3.05) is 0 Å². The zero-order chi connectivity index (χ0) is 17.8. The summed E-state index contributed by atoms with van der Waals surface area (Å²) in [6.45, 7) is 16.0. The second-order valence-electron chi connectivity index (χ2n) is 4.45. The molecule has 2 rings (SSSR count). The Hall–Kier alpha value is -2.53. The molecule has 2 aromatic rings. The maximum absolute atomic E-state index is 8.96. The Labute approximate surface area is 141 Å². The van der Waals surface area contributed by atoms with Gasteiger partial charge in [0.25, 0.3) is 0 Å². The lowest BCUT2D eigenvalue weighted by atomic mass is 10.1. The van der Waals surface area contributed by atoms with Crippen molar-refractivity contribution in [1.82, 2.24) is 4.57 Å². The van der Waals surface area contributed by atoms with E-state index in [0.717, 1.165) is 22.5 Å². The highest BCUT2D eigenvalue weighted by Crippen LogP contribution is 2.25. The van der Waals surface area contributed by atoms with Crippen LogP contribution in [0.1, 0.15) is 52.8 Å². The predicted molar refractivity (Wildman–Crippen MR) is 103 cm³/mol. The van der Waals surface area contributed by atoms with E-state index in [-0.39, 0.29) is 0 Å². The van der Waals surface area contributed by atoms with Crippen LogP contribution in [0.15, 0.2) is 49.2 Å². The molecule has 0 amide bonds. The third kappa shape index (κ3) is 5.64. The molecule has 0 aliphatic carbocycles. The second kappa shape index (κ2) is 11.1. The largest absolute Gasteiger partial charge is 0.321 e. The van der Waals surface area contributed by atoms with Crippen molar-refractivity contribution >= 4 is 11.8 Å². The molecule has 0 spiro atoms. The fourth-order valence-corrected chi connectivity index (χ4v) is 2.04. The first-order valence-corrected chi connectivity index (χ1v) is 8.17. The van der Waals surface area contributed by atoms with E-state index >= 15 is 0 Å². The minimum absolute atomic E-state index is 0.674. The Morgan fingerprint density at radius 1 is 1.13 bits per heavy atom. The molecule has 0 bridgehead atoms. The summed E-state index contributed by atoms with van der Waals surface area (Å²) < 4.78 is 2.05. The molecular formula is C21H28N2. The topological polar surface area (TPSA) is 28.7 Å². The number of hydrogen-bond acceptors (Lipinski definition) is 1. The SMILES string of the molecule is C=C(C)n1cc(-c2cccc(C#N)c2)cc1/C=C\C.CC.CC. The van der Waals surface area contributed by atoms with Gasteiger partial charge in [0.2, 0.25) is 0 Å².